The molecule has 0 aliphatic rings. The maximum atomic E-state index is 13.9. The topological polar surface area (TPSA) is 12.0 Å². The quantitative estimate of drug-likeness (QED) is 0.616. The molecular weight excluding hydrogens is 383 g/mol. The third-order valence-corrected chi connectivity index (χ3v) is 4.44. The van der Waals surface area contributed by atoms with Gasteiger partial charge < -0.3 is 5.32 Å². The summed E-state index contributed by atoms with van der Waals surface area (Å²) in [7, 11) is 0. The Bertz CT molecular complexity index is 641. The van der Waals surface area contributed by atoms with Gasteiger partial charge in [-0.15, -0.1) is 0 Å². The molecule has 0 amide bonds. The minimum Gasteiger partial charge on any atom is -0.375 e. The molecule has 0 aromatic heterocycles. The van der Waals surface area contributed by atoms with E-state index in [1.165, 1.54) is 6.07 Å². The highest BCUT2D eigenvalue weighted by molar-refractivity contribution is 9.10. The van der Waals surface area contributed by atoms with Crippen molar-refractivity contribution in [3.8, 4) is 0 Å². The first-order valence-corrected chi connectivity index (χ1v) is 7.83. The van der Waals surface area contributed by atoms with E-state index in [1.807, 2.05) is 13.0 Å². The molecule has 0 aliphatic heterocycles. The summed E-state index contributed by atoms with van der Waals surface area (Å²) in [4.78, 5) is 0. The molecule has 6 heteroatoms. The number of halogens is 5. The number of hydrogen-bond acceptors (Lipinski definition) is 1. The Labute approximate surface area is 140 Å². The average Bonchev–Trinajstić information content (AvgIpc) is 2.41. The van der Waals surface area contributed by atoms with Gasteiger partial charge in [-0.05, 0) is 46.1 Å². The first kappa shape index (κ1) is 16.5. The predicted molar refractivity (Wildman–Crippen MR) is 87.2 cm³/mol. The molecule has 2 aromatic rings. The maximum absolute atomic E-state index is 13.9. The highest BCUT2D eigenvalue weighted by Crippen LogP contribution is 2.33. The second-order valence-electron chi connectivity index (χ2n) is 4.52. The van der Waals surface area contributed by atoms with E-state index < -0.39 is 11.6 Å². The Hall–Kier alpha value is -0.840. The molecule has 1 atom stereocenters. The van der Waals surface area contributed by atoms with Crippen molar-refractivity contribution in [1.29, 1.82) is 0 Å². The van der Waals surface area contributed by atoms with E-state index in [0.29, 0.717) is 20.9 Å². The van der Waals surface area contributed by atoms with Crippen LogP contribution in [0.25, 0.3) is 0 Å². The van der Waals surface area contributed by atoms with Crippen molar-refractivity contribution in [2.75, 3.05) is 5.32 Å². The highest BCUT2D eigenvalue weighted by atomic mass is 79.9. The molecule has 1 nitrogen and oxygen atoms in total. The summed E-state index contributed by atoms with van der Waals surface area (Å²) in [6.07, 6.45) is 0.696. The van der Waals surface area contributed by atoms with Gasteiger partial charge in [0.15, 0.2) is 0 Å². The zero-order valence-corrected chi connectivity index (χ0v) is 14.2. The van der Waals surface area contributed by atoms with Gasteiger partial charge in [-0.1, -0.05) is 36.2 Å². The van der Waals surface area contributed by atoms with E-state index in [-0.39, 0.29) is 11.7 Å². The van der Waals surface area contributed by atoms with Crippen LogP contribution in [0.2, 0.25) is 10.0 Å². The third-order valence-electron chi connectivity index (χ3n) is 3.08. The molecule has 0 fully saturated rings. The molecule has 1 unspecified atom stereocenters. The van der Waals surface area contributed by atoms with Crippen molar-refractivity contribution in [3.05, 3.63) is 62.0 Å². The van der Waals surface area contributed by atoms with E-state index in [2.05, 4.69) is 21.2 Å². The van der Waals surface area contributed by atoms with Crippen molar-refractivity contribution in [1.82, 2.24) is 0 Å². The zero-order chi connectivity index (χ0) is 15.6. The maximum Gasteiger partial charge on any atom is 0.150 e. The predicted octanol–water partition coefficient (Wildman–Crippen LogP) is 6.60. The summed E-state index contributed by atoms with van der Waals surface area (Å²) in [5.74, 6) is -1.28. The second-order valence-corrected chi connectivity index (χ2v) is 6.19. The summed E-state index contributed by atoms with van der Waals surface area (Å²) in [5, 5.41) is 3.97. The molecule has 112 valence electrons. The van der Waals surface area contributed by atoms with Crippen molar-refractivity contribution in [2.45, 2.75) is 19.4 Å². The Morgan fingerprint density at radius 3 is 2.43 bits per heavy atom. The molecule has 0 radical (unpaired) electrons. The summed E-state index contributed by atoms with van der Waals surface area (Å²) in [6, 6.07) is 7.14. The first-order valence-electron chi connectivity index (χ1n) is 6.28. The minimum absolute atomic E-state index is 0.170. The second kappa shape index (κ2) is 6.95. The van der Waals surface area contributed by atoms with E-state index in [4.69, 9.17) is 23.2 Å². The lowest BCUT2D eigenvalue weighted by Crippen LogP contribution is -2.11. The Kier molecular flexibility index (Phi) is 5.47. The lowest BCUT2D eigenvalue weighted by Gasteiger charge is -2.20. The minimum atomic E-state index is -0.652. The van der Waals surface area contributed by atoms with Crippen molar-refractivity contribution < 1.29 is 8.78 Å². The SMILES string of the molecule is CCC(Nc1c(F)cc(F)cc1Br)c1ccc(Cl)c(Cl)c1. The van der Waals surface area contributed by atoms with E-state index >= 15 is 0 Å². The van der Waals surface area contributed by atoms with Crippen LogP contribution < -0.4 is 5.32 Å². The molecule has 0 bridgehead atoms. The fourth-order valence-electron chi connectivity index (χ4n) is 2.00. The van der Waals surface area contributed by atoms with Gasteiger partial charge in [-0.3, -0.25) is 0 Å². The summed E-state index contributed by atoms with van der Waals surface area (Å²) in [6.45, 7) is 1.95. The standard InChI is InChI=1S/C15H12BrCl2F2N/c1-2-14(8-3-4-11(17)12(18)5-8)21-15-10(16)6-9(19)7-13(15)20/h3-7,14,21H,2H2,1H3. The van der Waals surface area contributed by atoms with Crippen LogP contribution in [-0.4, -0.2) is 0 Å². The van der Waals surface area contributed by atoms with Crippen LogP contribution in [0.3, 0.4) is 0 Å². The van der Waals surface area contributed by atoms with Gasteiger partial charge in [0.25, 0.3) is 0 Å². The van der Waals surface area contributed by atoms with Crippen LogP contribution >= 0.6 is 39.1 Å². The normalized spacial score (nSPS) is 12.3. The molecule has 1 N–H and O–H groups in total. The van der Waals surface area contributed by atoms with Gasteiger partial charge >= 0.3 is 0 Å². The lowest BCUT2D eigenvalue weighted by atomic mass is 10.0. The summed E-state index contributed by atoms with van der Waals surface area (Å²) < 4.78 is 27.3. The van der Waals surface area contributed by atoms with Gasteiger partial charge in [0.2, 0.25) is 0 Å². The number of rotatable bonds is 4. The van der Waals surface area contributed by atoms with Crippen LogP contribution in [0.5, 0.6) is 0 Å². The zero-order valence-electron chi connectivity index (χ0n) is 11.1. The summed E-state index contributed by atoms with van der Waals surface area (Å²) in [5.41, 5.74) is 1.09. The first-order chi connectivity index (χ1) is 9.92. The molecule has 0 heterocycles. The molecular formula is C15H12BrCl2F2N. The van der Waals surface area contributed by atoms with Gasteiger partial charge in [-0.25, -0.2) is 8.78 Å². The fourth-order valence-corrected chi connectivity index (χ4v) is 2.83. The van der Waals surface area contributed by atoms with Gasteiger partial charge in [0.05, 0.1) is 21.8 Å². The fraction of sp³-hybridized carbons (Fsp3) is 0.200. The molecule has 21 heavy (non-hydrogen) atoms. The molecule has 0 spiro atoms. The third kappa shape index (κ3) is 3.87. The number of hydrogen-bond donors (Lipinski definition) is 1. The van der Waals surface area contributed by atoms with Crippen LogP contribution in [0.4, 0.5) is 14.5 Å². The van der Waals surface area contributed by atoms with Gasteiger partial charge in [0.1, 0.15) is 11.6 Å². The highest BCUT2D eigenvalue weighted by Gasteiger charge is 2.16. The largest absolute Gasteiger partial charge is 0.375 e. The van der Waals surface area contributed by atoms with Crippen molar-refractivity contribution in [3.63, 3.8) is 0 Å². The van der Waals surface area contributed by atoms with E-state index in [9.17, 15) is 8.78 Å². The van der Waals surface area contributed by atoms with Crippen LogP contribution in [0.15, 0.2) is 34.8 Å². The van der Waals surface area contributed by atoms with Crippen LogP contribution in [0, 0.1) is 11.6 Å². The lowest BCUT2D eigenvalue weighted by molar-refractivity contribution is 0.581. The van der Waals surface area contributed by atoms with Gasteiger partial charge in [0, 0.05) is 10.5 Å². The average molecular weight is 395 g/mol. The van der Waals surface area contributed by atoms with Gasteiger partial charge in [-0.2, -0.15) is 0 Å². The number of nitrogens with one attached hydrogen (secondary N) is 1. The smallest absolute Gasteiger partial charge is 0.150 e. The Morgan fingerprint density at radius 1 is 1.14 bits per heavy atom. The molecule has 2 aromatic carbocycles. The molecule has 0 saturated heterocycles. The Balaban J connectivity index is 2.33. The van der Waals surface area contributed by atoms with Crippen molar-refractivity contribution >= 4 is 44.8 Å². The molecule has 0 saturated carbocycles. The number of benzene rings is 2. The van der Waals surface area contributed by atoms with Crippen molar-refractivity contribution in [2.24, 2.45) is 0 Å². The molecule has 2 rings (SSSR count). The Morgan fingerprint density at radius 2 is 1.86 bits per heavy atom. The number of anilines is 1. The van der Waals surface area contributed by atoms with Crippen LogP contribution in [-0.2, 0) is 0 Å². The van der Waals surface area contributed by atoms with E-state index in [1.54, 1.807) is 12.1 Å². The monoisotopic (exact) mass is 393 g/mol. The molecule has 0 aliphatic carbocycles. The van der Waals surface area contributed by atoms with Crippen LogP contribution in [0.1, 0.15) is 24.9 Å². The summed E-state index contributed by atoms with van der Waals surface area (Å²) >= 11 is 15.1. The van der Waals surface area contributed by atoms with E-state index in [0.717, 1.165) is 11.6 Å².